The van der Waals surface area contributed by atoms with Crippen molar-refractivity contribution in [2.45, 2.75) is 12.8 Å². The van der Waals surface area contributed by atoms with E-state index in [4.69, 9.17) is 16.3 Å². The fraction of sp³-hybridized carbons (Fsp3) is 0.500. The van der Waals surface area contributed by atoms with Gasteiger partial charge in [0, 0.05) is 18.7 Å². The number of nitrogens with one attached hydrogen (secondary N) is 1. The van der Waals surface area contributed by atoms with Crippen LogP contribution in [0.15, 0.2) is 18.2 Å². The molecular weight excluding hydrogens is 229 g/mol. The molecule has 0 aromatic heterocycles. The van der Waals surface area contributed by atoms with Crippen LogP contribution in [0, 0.1) is 5.82 Å². The average molecular weight is 246 g/mol. The van der Waals surface area contributed by atoms with Crippen LogP contribution in [-0.2, 0) is 11.2 Å². The molecule has 16 heavy (non-hydrogen) atoms. The van der Waals surface area contributed by atoms with Crippen molar-refractivity contribution >= 4 is 11.6 Å². The second kappa shape index (κ2) is 7.60. The molecule has 0 fully saturated rings. The molecule has 0 amide bonds. The SMILES string of the molecule is COCCNCCCc1cc(F)ccc1Cl. The van der Waals surface area contributed by atoms with Gasteiger partial charge in [-0.2, -0.15) is 0 Å². The van der Waals surface area contributed by atoms with Gasteiger partial charge >= 0.3 is 0 Å². The summed E-state index contributed by atoms with van der Waals surface area (Å²) in [7, 11) is 1.67. The van der Waals surface area contributed by atoms with E-state index in [9.17, 15) is 4.39 Å². The van der Waals surface area contributed by atoms with Gasteiger partial charge in [0.05, 0.1) is 6.61 Å². The molecule has 0 heterocycles. The van der Waals surface area contributed by atoms with E-state index in [1.165, 1.54) is 12.1 Å². The summed E-state index contributed by atoms with van der Waals surface area (Å²) in [5.41, 5.74) is 0.871. The lowest BCUT2D eigenvalue weighted by atomic mass is 10.1. The van der Waals surface area contributed by atoms with Crippen LogP contribution >= 0.6 is 11.6 Å². The number of aryl methyl sites for hydroxylation is 1. The van der Waals surface area contributed by atoms with Gasteiger partial charge in [0.15, 0.2) is 0 Å². The van der Waals surface area contributed by atoms with Gasteiger partial charge in [-0.05, 0) is 43.1 Å². The van der Waals surface area contributed by atoms with Crippen LogP contribution in [-0.4, -0.2) is 26.8 Å². The van der Waals surface area contributed by atoms with Crippen molar-refractivity contribution in [3.8, 4) is 0 Å². The van der Waals surface area contributed by atoms with Crippen molar-refractivity contribution in [2.24, 2.45) is 0 Å². The van der Waals surface area contributed by atoms with Gasteiger partial charge in [-0.25, -0.2) is 4.39 Å². The maximum absolute atomic E-state index is 12.9. The molecule has 0 saturated heterocycles. The molecule has 4 heteroatoms. The molecule has 0 aliphatic heterocycles. The normalized spacial score (nSPS) is 10.7. The molecule has 0 spiro atoms. The van der Waals surface area contributed by atoms with Crippen LogP contribution in [0.4, 0.5) is 4.39 Å². The standard InChI is InChI=1S/C12H17ClFNO/c1-16-8-7-15-6-2-3-10-9-11(14)4-5-12(10)13/h4-5,9,15H,2-3,6-8H2,1H3. The predicted molar refractivity (Wildman–Crippen MR) is 64.5 cm³/mol. The van der Waals surface area contributed by atoms with E-state index in [-0.39, 0.29) is 5.82 Å². The molecule has 0 aliphatic rings. The largest absolute Gasteiger partial charge is 0.383 e. The van der Waals surface area contributed by atoms with Crippen LogP contribution in [0.5, 0.6) is 0 Å². The quantitative estimate of drug-likeness (QED) is 0.746. The molecule has 1 N–H and O–H groups in total. The highest BCUT2D eigenvalue weighted by atomic mass is 35.5. The van der Waals surface area contributed by atoms with Gasteiger partial charge in [0.1, 0.15) is 5.82 Å². The first kappa shape index (κ1) is 13.4. The third kappa shape index (κ3) is 4.92. The highest BCUT2D eigenvalue weighted by Crippen LogP contribution is 2.18. The maximum Gasteiger partial charge on any atom is 0.123 e. The molecule has 0 aliphatic carbocycles. The summed E-state index contributed by atoms with van der Waals surface area (Å²) < 4.78 is 17.8. The number of ether oxygens (including phenoxy) is 1. The minimum absolute atomic E-state index is 0.230. The number of hydrogen-bond donors (Lipinski definition) is 1. The minimum atomic E-state index is -0.230. The first-order valence-electron chi connectivity index (χ1n) is 5.37. The lowest BCUT2D eigenvalue weighted by Gasteiger charge is -2.06. The van der Waals surface area contributed by atoms with Crippen molar-refractivity contribution in [3.05, 3.63) is 34.6 Å². The highest BCUT2D eigenvalue weighted by Gasteiger charge is 2.01. The lowest BCUT2D eigenvalue weighted by Crippen LogP contribution is -2.20. The average Bonchev–Trinajstić information content (AvgIpc) is 2.28. The Balaban J connectivity index is 2.23. The molecule has 2 nitrogen and oxygen atoms in total. The Kier molecular flexibility index (Phi) is 6.38. The Morgan fingerprint density at radius 3 is 2.94 bits per heavy atom. The second-order valence-electron chi connectivity index (χ2n) is 3.58. The van der Waals surface area contributed by atoms with E-state index in [2.05, 4.69) is 5.32 Å². The fourth-order valence-corrected chi connectivity index (χ4v) is 1.65. The molecule has 1 aromatic carbocycles. The van der Waals surface area contributed by atoms with E-state index in [1.807, 2.05) is 0 Å². The Bertz CT molecular complexity index is 320. The number of hydrogen-bond acceptors (Lipinski definition) is 2. The predicted octanol–water partition coefficient (Wildman–Crippen LogP) is 2.65. The van der Waals surface area contributed by atoms with Crippen molar-refractivity contribution in [3.63, 3.8) is 0 Å². The van der Waals surface area contributed by atoms with Crippen molar-refractivity contribution in [1.82, 2.24) is 5.32 Å². The molecule has 0 atom stereocenters. The van der Waals surface area contributed by atoms with Gasteiger partial charge in [0.2, 0.25) is 0 Å². The van der Waals surface area contributed by atoms with Crippen molar-refractivity contribution in [2.75, 3.05) is 26.8 Å². The molecule has 0 radical (unpaired) electrons. The smallest absolute Gasteiger partial charge is 0.123 e. The van der Waals surface area contributed by atoms with E-state index in [1.54, 1.807) is 13.2 Å². The van der Waals surface area contributed by atoms with E-state index >= 15 is 0 Å². The molecule has 1 rings (SSSR count). The summed E-state index contributed by atoms with van der Waals surface area (Å²) in [6, 6.07) is 4.48. The Hall–Kier alpha value is -0.640. The van der Waals surface area contributed by atoms with Crippen LogP contribution < -0.4 is 5.32 Å². The molecular formula is C12H17ClFNO. The Labute approximate surface area is 101 Å². The van der Waals surface area contributed by atoms with Gasteiger partial charge < -0.3 is 10.1 Å². The molecule has 90 valence electrons. The number of halogens is 2. The van der Waals surface area contributed by atoms with E-state index in [0.29, 0.717) is 11.6 Å². The number of benzene rings is 1. The Morgan fingerprint density at radius 1 is 1.38 bits per heavy atom. The van der Waals surface area contributed by atoms with Gasteiger partial charge in [-0.15, -0.1) is 0 Å². The lowest BCUT2D eigenvalue weighted by molar-refractivity contribution is 0.199. The molecule has 0 saturated carbocycles. The van der Waals surface area contributed by atoms with Crippen LogP contribution in [0.1, 0.15) is 12.0 Å². The van der Waals surface area contributed by atoms with Gasteiger partial charge in [0.25, 0.3) is 0 Å². The van der Waals surface area contributed by atoms with Crippen molar-refractivity contribution in [1.29, 1.82) is 0 Å². The summed E-state index contributed by atoms with van der Waals surface area (Å²) in [5, 5.41) is 3.87. The van der Waals surface area contributed by atoms with Crippen LogP contribution in [0.3, 0.4) is 0 Å². The summed E-state index contributed by atoms with van der Waals surface area (Å²) in [6.07, 6.45) is 1.73. The summed E-state index contributed by atoms with van der Waals surface area (Å²) in [6.45, 7) is 2.43. The van der Waals surface area contributed by atoms with E-state index in [0.717, 1.165) is 31.5 Å². The molecule has 1 aromatic rings. The summed E-state index contributed by atoms with van der Waals surface area (Å²) in [4.78, 5) is 0. The first-order chi connectivity index (χ1) is 7.74. The molecule has 0 unspecified atom stereocenters. The number of methoxy groups -OCH3 is 1. The second-order valence-corrected chi connectivity index (χ2v) is 3.99. The van der Waals surface area contributed by atoms with Crippen molar-refractivity contribution < 1.29 is 9.13 Å². The monoisotopic (exact) mass is 245 g/mol. The van der Waals surface area contributed by atoms with E-state index < -0.39 is 0 Å². The minimum Gasteiger partial charge on any atom is -0.383 e. The fourth-order valence-electron chi connectivity index (χ4n) is 1.44. The first-order valence-corrected chi connectivity index (χ1v) is 5.75. The summed E-state index contributed by atoms with van der Waals surface area (Å²) in [5.74, 6) is -0.230. The topological polar surface area (TPSA) is 21.3 Å². The zero-order chi connectivity index (χ0) is 11.8. The third-order valence-corrected chi connectivity index (χ3v) is 2.66. The zero-order valence-electron chi connectivity index (χ0n) is 9.43. The summed E-state index contributed by atoms with van der Waals surface area (Å²) >= 11 is 5.95. The highest BCUT2D eigenvalue weighted by molar-refractivity contribution is 6.31. The maximum atomic E-state index is 12.9. The van der Waals surface area contributed by atoms with Crippen LogP contribution in [0.2, 0.25) is 5.02 Å². The van der Waals surface area contributed by atoms with Gasteiger partial charge in [-0.3, -0.25) is 0 Å². The molecule has 0 bridgehead atoms. The Morgan fingerprint density at radius 2 is 2.19 bits per heavy atom. The van der Waals surface area contributed by atoms with Crippen LogP contribution in [0.25, 0.3) is 0 Å². The van der Waals surface area contributed by atoms with Gasteiger partial charge in [-0.1, -0.05) is 11.6 Å². The third-order valence-electron chi connectivity index (χ3n) is 2.29. The number of rotatable bonds is 7. The zero-order valence-corrected chi connectivity index (χ0v) is 10.2.